The molecule has 0 saturated carbocycles. The van der Waals surface area contributed by atoms with Gasteiger partial charge in [0.05, 0.1) is 18.2 Å². The average molecular weight is 237 g/mol. The molecule has 0 spiro atoms. The first-order chi connectivity index (χ1) is 7.83. The maximum atomic E-state index is 11.8. The molecule has 0 aromatic heterocycles. The van der Waals surface area contributed by atoms with E-state index >= 15 is 0 Å². The molecule has 0 fully saturated rings. The standard InChI is InChI=1S/C13H19NO3/c1-13(2,3)17-12(16)10-6-4-5-9(7-10)11(14)8-15/h4-7,11,15H,8,14H2,1-3H3. The molecule has 4 nitrogen and oxygen atoms in total. The van der Waals surface area contributed by atoms with Crippen LogP contribution in [0.2, 0.25) is 0 Å². The molecular formula is C13H19NO3. The molecule has 0 aliphatic heterocycles. The number of aliphatic hydroxyl groups is 1. The Morgan fingerprint density at radius 3 is 2.65 bits per heavy atom. The van der Waals surface area contributed by atoms with Gasteiger partial charge in [0.1, 0.15) is 5.60 Å². The van der Waals surface area contributed by atoms with Crippen molar-refractivity contribution in [3.63, 3.8) is 0 Å². The molecule has 0 amide bonds. The summed E-state index contributed by atoms with van der Waals surface area (Å²) in [6.45, 7) is 5.29. The SMILES string of the molecule is CC(C)(C)OC(=O)c1cccc(C(N)CO)c1. The Balaban J connectivity index is 2.88. The highest BCUT2D eigenvalue weighted by molar-refractivity contribution is 5.89. The number of ether oxygens (including phenoxy) is 1. The number of rotatable bonds is 3. The minimum atomic E-state index is -0.522. The van der Waals surface area contributed by atoms with Crippen molar-refractivity contribution >= 4 is 5.97 Å². The van der Waals surface area contributed by atoms with Gasteiger partial charge in [0.15, 0.2) is 0 Å². The summed E-state index contributed by atoms with van der Waals surface area (Å²) in [7, 11) is 0. The van der Waals surface area contributed by atoms with Gasteiger partial charge in [-0.25, -0.2) is 4.79 Å². The van der Waals surface area contributed by atoms with Crippen LogP contribution < -0.4 is 5.73 Å². The van der Waals surface area contributed by atoms with Gasteiger partial charge in [0.25, 0.3) is 0 Å². The van der Waals surface area contributed by atoms with Crippen LogP contribution in [0.4, 0.5) is 0 Å². The van der Waals surface area contributed by atoms with Crippen LogP contribution in [0.25, 0.3) is 0 Å². The number of nitrogens with two attached hydrogens (primary N) is 1. The van der Waals surface area contributed by atoms with E-state index in [2.05, 4.69) is 0 Å². The van der Waals surface area contributed by atoms with E-state index in [1.807, 2.05) is 20.8 Å². The molecule has 0 aliphatic rings. The van der Waals surface area contributed by atoms with Gasteiger partial charge in [0, 0.05) is 0 Å². The summed E-state index contributed by atoms with van der Waals surface area (Å²) in [4.78, 5) is 11.8. The third kappa shape index (κ3) is 4.17. The van der Waals surface area contributed by atoms with Gasteiger partial charge in [-0.1, -0.05) is 12.1 Å². The highest BCUT2D eigenvalue weighted by Crippen LogP contribution is 2.16. The lowest BCUT2D eigenvalue weighted by molar-refractivity contribution is 0.00693. The highest BCUT2D eigenvalue weighted by atomic mass is 16.6. The molecule has 0 bridgehead atoms. The van der Waals surface area contributed by atoms with Gasteiger partial charge in [0.2, 0.25) is 0 Å². The first kappa shape index (κ1) is 13.7. The Hall–Kier alpha value is -1.39. The fourth-order valence-electron chi connectivity index (χ4n) is 1.34. The van der Waals surface area contributed by atoms with Crippen LogP contribution in [-0.2, 0) is 4.74 Å². The molecule has 17 heavy (non-hydrogen) atoms. The van der Waals surface area contributed by atoms with Crippen molar-refractivity contribution in [1.82, 2.24) is 0 Å². The van der Waals surface area contributed by atoms with Crippen LogP contribution in [0.5, 0.6) is 0 Å². The van der Waals surface area contributed by atoms with Crippen molar-refractivity contribution in [1.29, 1.82) is 0 Å². The molecule has 0 radical (unpaired) electrons. The minimum absolute atomic E-state index is 0.155. The molecule has 1 aromatic carbocycles. The topological polar surface area (TPSA) is 72.5 Å². The lowest BCUT2D eigenvalue weighted by atomic mass is 10.1. The quantitative estimate of drug-likeness (QED) is 0.784. The Morgan fingerprint density at radius 2 is 2.12 bits per heavy atom. The van der Waals surface area contributed by atoms with Crippen molar-refractivity contribution in [2.75, 3.05) is 6.61 Å². The van der Waals surface area contributed by atoms with Gasteiger partial charge in [-0.2, -0.15) is 0 Å². The Labute approximate surface area is 101 Å². The zero-order valence-corrected chi connectivity index (χ0v) is 10.4. The summed E-state index contributed by atoms with van der Waals surface area (Å²) in [5, 5.41) is 8.96. The zero-order chi connectivity index (χ0) is 13.1. The predicted molar refractivity (Wildman–Crippen MR) is 65.6 cm³/mol. The van der Waals surface area contributed by atoms with E-state index in [-0.39, 0.29) is 12.6 Å². The number of hydrogen-bond acceptors (Lipinski definition) is 4. The van der Waals surface area contributed by atoms with Crippen LogP contribution in [-0.4, -0.2) is 23.3 Å². The van der Waals surface area contributed by atoms with E-state index in [4.69, 9.17) is 15.6 Å². The summed E-state index contributed by atoms with van der Waals surface area (Å²) < 4.78 is 5.25. The van der Waals surface area contributed by atoms with Crippen LogP contribution in [0, 0.1) is 0 Å². The van der Waals surface area contributed by atoms with Gasteiger partial charge in [-0.15, -0.1) is 0 Å². The van der Waals surface area contributed by atoms with E-state index in [0.717, 1.165) is 5.56 Å². The molecule has 0 heterocycles. The second-order valence-corrected chi connectivity index (χ2v) is 4.92. The van der Waals surface area contributed by atoms with Crippen molar-refractivity contribution in [2.45, 2.75) is 32.4 Å². The smallest absolute Gasteiger partial charge is 0.338 e. The molecule has 94 valence electrons. The molecule has 1 rings (SSSR count). The first-order valence-electron chi connectivity index (χ1n) is 5.53. The Kier molecular flexibility index (Phi) is 4.26. The molecule has 0 saturated heterocycles. The van der Waals surface area contributed by atoms with E-state index in [1.165, 1.54) is 0 Å². The molecular weight excluding hydrogens is 218 g/mol. The lowest BCUT2D eigenvalue weighted by Crippen LogP contribution is -2.24. The van der Waals surface area contributed by atoms with Crippen molar-refractivity contribution in [3.05, 3.63) is 35.4 Å². The normalized spacial score (nSPS) is 13.2. The third-order valence-corrected chi connectivity index (χ3v) is 2.15. The Morgan fingerprint density at radius 1 is 1.47 bits per heavy atom. The largest absolute Gasteiger partial charge is 0.456 e. The van der Waals surface area contributed by atoms with Crippen molar-refractivity contribution in [3.8, 4) is 0 Å². The van der Waals surface area contributed by atoms with Gasteiger partial charge in [-0.3, -0.25) is 0 Å². The van der Waals surface area contributed by atoms with Crippen LogP contribution >= 0.6 is 0 Å². The average Bonchev–Trinajstić information content (AvgIpc) is 2.26. The summed E-state index contributed by atoms with van der Waals surface area (Å²) >= 11 is 0. The van der Waals surface area contributed by atoms with Crippen LogP contribution in [0.3, 0.4) is 0 Å². The number of benzene rings is 1. The molecule has 3 N–H and O–H groups in total. The number of carbonyl (C=O) groups is 1. The van der Waals surface area contributed by atoms with E-state index in [9.17, 15) is 4.79 Å². The third-order valence-electron chi connectivity index (χ3n) is 2.15. The fraction of sp³-hybridized carbons (Fsp3) is 0.462. The summed E-state index contributed by atoms with van der Waals surface area (Å²) in [6.07, 6.45) is 0. The number of hydrogen-bond donors (Lipinski definition) is 2. The van der Waals surface area contributed by atoms with Gasteiger partial charge >= 0.3 is 5.97 Å². The number of aliphatic hydroxyl groups excluding tert-OH is 1. The van der Waals surface area contributed by atoms with Crippen molar-refractivity contribution in [2.24, 2.45) is 5.73 Å². The fourth-order valence-corrected chi connectivity index (χ4v) is 1.34. The molecule has 0 aliphatic carbocycles. The van der Waals surface area contributed by atoms with Gasteiger partial charge < -0.3 is 15.6 Å². The number of carbonyl (C=O) groups excluding carboxylic acids is 1. The first-order valence-corrected chi connectivity index (χ1v) is 5.53. The van der Waals surface area contributed by atoms with Crippen molar-refractivity contribution < 1.29 is 14.6 Å². The second kappa shape index (κ2) is 5.29. The van der Waals surface area contributed by atoms with Crippen LogP contribution in [0.15, 0.2) is 24.3 Å². The lowest BCUT2D eigenvalue weighted by Gasteiger charge is -2.20. The minimum Gasteiger partial charge on any atom is -0.456 e. The van der Waals surface area contributed by atoms with Gasteiger partial charge in [-0.05, 0) is 38.5 Å². The molecule has 1 unspecified atom stereocenters. The molecule has 1 aromatic rings. The maximum absolute atomic E-state index is 11.8. The summed E-state index contributed by atoms with van der Waals surface area (Å²) in [5.74, 6) is -0.385. The molecule has 1 atom stereocenters. The highest BCUT2D eigenvalue weighted by Gasteiger charge is 2.18. The summed E-state index contributed by atoms with van der Waals surface area (Å²) in [5.41, 5.74) is 6.33. The van der Waals surface area contributed by atoms with E-state index in [0.29, 0.717) is 5.56 Å². The van der Waals surface area contributed by atoms with E-state index < -0.39 is 11.6 Å². The molecule has 4 heteroatoms. The zero-order valence-electron chi connectivity index (χ0n) is 10.4. The van der Waals surface area contributed by atoms with E-state index in [1.54, 1.807) is 24.3 Å². The second-order valence-electron chi connectivity index (χ2n) is 4.92. The number of esters is 1. The predicted octanol–water partition coefficient (Wildman–Crippen LogP) is 1.63. The van der Waals surface area contributed by atoms with Crippen LogP contribution in [0.1, 0.15) is 42.7 Å². The summed E-state index contributed by atoms with van der Waals surface area (Å²) in [6, 6.07) is 6.34. The monoisotopic (exact) mass is 237 g/mol. The Bertz CT molecular complexity index is 396. The maximum Gasteiger partial charge on any atom is 0.338 e.